The van der Waals surface area contributed by atoms with Crippen LogP contribution in [0, 0.1) is 0 Å². The molecule has 2 rings (SSSR count). The molecule has 0 aliphatic heterocycles. The van der Waals surface area contributed by atoms with Crippen LogP contribution in [0.1, 0.15) is 24.2 Å². The summed E-state index contributed by atoms with van der Waals surface area (Å²) < 4.78 is 0. The highest BCUT2D eigenvalue weighted by Crippen LogP contribution is 2.16. The zero-order valence-electron chi connectivity index (χ0n) is 11.1. The lowest BCUT2D eigenvalue weighted by atomic mass is 10.1. The Morgan fingerprint density at radius 1 is 1.30 bits per heavy atom. The number of hydrogen-bond acceptors (Lipinski definition) is 3. The summed E-state index contributed by atoms with van der Waals surface area (Å²) in [6, 6.07) is 7.59. The molecule has 0 fully saturated rings. The van der Waals surface area contributed by atoms with Gasteiger partial charge in [-0.25, -0.2) is 4.98 Å². The minimum absolute atomic E-state index is 0.0440. The van der Waals surface area contributed by atoms with Crippen LogP contribution in [0.4, 0.5) is 0 Å². The third-order valence-corrected chi connectivity index (χ3v) is 3.33. The van der Waals surface area contributed by atoms with E-state index < -0.39 is 0 Å². The first-order valence-electron chi connectivity index (χ1n) is 6.60. The van der Waals surface area contributed by atoms with Crippen molar-refractivity contribution in [3.05, 3.63) is 47.0 Å². The summed E-state index contributed by atoms with van der Waals surface area (Å²) in [4.78, 5) is 15.7. The number of rotatable bonds is 7. The predicted molar refractivity (Wildman–Crippen MR) is 77.5 cm³/mol. The lowest BCUT2D eigenvalue weighted by molar-refractivity contribution is -0.121. The van der Waals surface area contributed by atoms with Crippen molar-refractivity contribution >= 4 is 17.5 Å². The molecule has 5 nitrogen and oxygen atoms in total. The molecule has 0 aliphatic rings. The van der Waals surface area contributed by atoms with Gasteiger partial charge < -0.3 is 5.32 Å². The molecule has 0 radical (unpaired) electrons. The molecule has 106 valence electrons. The fourth-order valence-corrected chi connectivity index (χ4v) is 2.10. The van der Waals surface area contributed by atoms with Gasteiger partial charge in [0.05, 0.1) is 0 Å². The van der Waals surface area contributed by atoms with Crippen LogP contribution in [0.2, 0.25) is 5.02 Å². The maximum absolute atomic E-state index is 11.7. The molecular formula is C14H17ClN4O. The Bertz CT molecular complexity index is 542. The number of amides is 1. The van der Waals surface area contributed by atoms with E-state index >= 15 is 0 Å². The van der Waals surface area contributed by atoms with Crippen LogP contribution in [-0.2, 0) is 17.6 Å². The first-order valence-corrected chi connectivity index (χ1v) is 6.98. The quantitative estimate of drug-likeness (QED) is 0.768. The average molecular weight is 293 g/mol. The van der Waals surface area contributed by atoms with Gasteiger partial charge in [0, 0.05) is 24.4 Å². The van der Waals surface area contributed by atoms with Crippen LogP contribution < -0.4 is 5.32 Å². The molecule has 2 aromatic rings. The second-order valence-corrected chi connectivity index (χ2v) is 4.88. The molecular weight excluding hydrogens is 276 g/mol. The van der Waals surface area contributed by atoms with Crippen molar-refractivity contribution in [3.63, 3.8) is 0 Å². The minimum Gasteiger partial charge on any atom is -0.356 e. The van der Waals surface area contributed by atoms with Gasteiger partial charge in [0.25, 0.3) is 0 Å². The third-order valence-electron chi connectivity index (χ3n) is 2.96. The van der Waals surface area contributed by atoms with Crippen molar-refractivity contribution in [1.29, 1.82) is 0 Å². The molecule has 0 saturated carbocycles. The third kappa shape index (κ3) is 4.66. The molecule has 6 heteroatoms. The fourth-order valence-electron chi connectivity index (χ4n) is 1.87. The molecule has 0 spiro atoms. The number of carbonyl (C=O) groups is 1. The summed E-state index contributed by atoms with van der Waals surface area (Å²) in [7, 11) is 0. The van der Waals surface area contributed by atoms with Gasteiger partial charge >= 0.3 is 0 Å². The van der Waals surface area contributed by atoms with Gasteiger partial charge in [-0.1, -0.05) is 29.8 Å². The first-order chi connectivity index (χ1) is 9.75. The van der Waals surface area contributed by atoms with Crippen molar-refractivity contribution < 1.29 is 4.79 Å². The molecule has 2 N–H and O–H groups in total. The van der Waals surface area contributed by atoms with E-state index in [9.17, 15) is 4.79 Å². The molecule has 0 saturated heterocycles. The lowest BCUT2D eigenvalue weighted by Gasteiger charge is -2.05. The van der Waals surface area contributed by atoms with Crippen LogP contribution in [0.25, 0.3) is 0 Å². The van der Waals surface area contributed by atoms with E-state index in [1.54, 1.807) is 0 Å². The first kappa shape index (κ1) is 14.5. The van der Waals surface area contributed by atoms with E-state index in [0.29, 0.717) is 24.4 Å². The second-order valence-electron chi connectivity index (χ2n) is 4.48. The Labute approximate surface area is 122 Å². The van der Waals surface area contributed by atoms with E-state index in [1.165, 1.54) is 6.33 Å². The molecule has 0 unspecified atom stereocenters. The van der Waals surface area contributed by atoms with E-state index in [0.717, 1.165) is 24.2 Å². The Morgan fingerprint density at radius 3 is 2.90 bits per heavy atom. The number of aromatic amines is 1. The summed E-state index contributed by atoms with van der Waals surface area (Å²) in [5.74, 6) is 0.887. The number of H-pyrrole nitrogens is 1. The van der Waals surface area contributed by atoms with Crippen LogP contribution in [0.5, 0.6) is 0 Å². The lowest BCUT2D eigenvalue weighted by Crippen LogP contribution is -2.25. The second kappa shape index (κ2) is 7.65. The van der Waals surface area contributed by atoms with E-state index in [4.69, 9.17) is 11.6 Å². The Kier molecular flexibility index (Phi) is 5.55. The van der Waals surface area contributed by atoms with Gasteiger partial charge in [0.15, 0.2) is 0 Å². The fraction of sp³-hybridized carbons (Fsp3) is 0.357. The number of carbonyl (C=O) groups excluding carboxylic acids is 1. The number of nitrogens with zero attached hydrogens (tertiary/aromatic N) is 2. The summed E-state index contributed by atoms with van der Waals surface area (Å²) >= 11 is 6.04. The van der Waals surface area contributed by atoms with E-state index in [1.807, 2.05) is 24.3 Å². The van der Waals surface area contributed by atoms with Crippen molar-refractivity contribution in [2.24, 2.45) is 0 Å². The van der Waals surface area contributed by atoms with Gasteiger partial charge in [-0.05, 0) is 24.5 Å². The smallest absolute Gasteiger partial charge is 0.220 e. The number of nitrogens with one attached hydrogen (secondary N) is 2. The minimum atomic E-state index is 0.0440. The zero-order valence-corrected chi connectivity index (χ0v) is 11.9. The summed E-state index contributed by atoms with van der Waals surface area (Å²) in [6.45, 7) is 0.641. The Hall–Kier alpha value is -1.88. The zero-order chi connectivity index (χ0) is 14.2. The molecule has 0 aliphatic carbocycles. The maximum Gasteiger partial charge on any atom is 0.220 e. The number of aryl methyl sites for hydroxylation is 2. The highest BCUT2D eigenvalue weighted by atomic mass is 35.5. The van der Waals surface area contributed by atoms with Gasteiger partial charge in [-0.2, -0.15) is 5.10 Å². The SMILES string of the molecule is O=C(CCc1ccccc1Cl)NCCCc1ncn[nH]1. The van der Waals surface area contributed by atoms with Crippen LogP contribution >= 0.6 is 11.6 Å². The standard InChI is InChI=1S/C14H17ClN4O/c15-12-5-2-1-4-11(12)7-8-14(20)16-9-3-6-13-17-10-18-19-13/h1-2,4-5,10H,3,6-9H2,(H,16,20)(H,17,18,19). The highest BCUT2D eigenvalue weighted by molar-refractivity contribution is 6.31. The number of halogens is 1. The Morgan fingerprint density at radius 2 is 2.15 bits per heavy atom. The summed E-state index contributed by atoms with van der Waals surface area (Å²) in [5.41, 5.74) is 1.01. The maximum atomic E-state index is 11.7. The van der Waals surface area contributed by atoms with Gasteiger partial charge in [0.1, 0.15) is 12.2 Å². The topological polar surface area (TPSA) is 70.7 Å². The normalized spacial score (nSPS) is 10.4. The van der Waals surface area contributed by atoms with Gasteiger partial charge in [-0.3, -0.25) is 9.89 Å². The number of aromatic nitrogens is 3. The van der Waals surface area contributed by atoms with Crippen molar-refractivity contribution in [2.75, 3.05) is 6.54 Å². The van der Waals surface area contributed by atoms with Crippen molar-refractivity contribution in [3.8, 4) is 0 Å². The van der Waals surface area contributed by atoms with Gasteiger partial charge in [0.2, 0.25) is 5.91 Å². The highest BCUT2D eigenvalue weighted by Gasteiger charge is 2.04. The Balaban J connectivity index is 1.62. The summed E-state index contributed by atoms with van der Waals surface area (Å²) in [6.07, 6.45) is 4.22. The average Bonchev–Trinajstić information content (AvgIpc) is 2.96. The monoisotopic (exact) mass is 292 g/mol. The summed E-state index contributed by atoms with van der Waals surface area (Å²) in [5, 5.41) is 10.2. The molecule has 0 bridgehead atoms. The van der Waals surface area contributed by atoms with Crippen molar-refractivity contribution in [1.82, 2.24) is 20.5 Å². The molecule has 1 aromatic carbocycles. The van der Waals surface area contributed by atoms with Crippen LogP contribution in [0.15, 0.2) is 30.6 Å². The molecule has 1 amide bonds. The molecule has 0 atom stereocenters. The van der Waals surface area contributed by atoms with Gasteiger partial charge in [-0.15, -0.1) is 0 Å². The predicted octanol–water partition coefficient (Wildman–Crippen LogP) is 2.14. The largest absolute Gasteiger partial charge is 0.356 e. The van der Waals surface area contributed by atoms with E-state index in [2.05, 4.69) is 20.5 Å². The van der Waals surface area contributed by atoms with Crippen LogP contribution in [-0.4, -0.2) is 27.6 Å². The number of hydrogen-bond donors (Lipinski definition) is 2. The van der Waals surface area contributed by atoms with Crippen LogP contribution in [0.3, 0.4) is 0 Å². The van der Waals surface area contributed by atoms with E-state index in [-0.39, 0.29) is 5.91 Å². The molecule has 20 heavy (non-hydrogen) atoms. The molecule has 1 heterocycles. The molecule has 1 aromatic heterocycles. The number of benzene rings is 1. The van der Waals surface area contributed by atoms with Crippen molar-refractivity contribution in [2.45, 2.75) is 25.7 Å².